The maximum absolute atomic E-state index is 12.4. The average molecular weight is 467 g/mol. The minimum atomic E-state index is -0.0893. The van der Waals surface area contributed by atoms with Crippen LogP contribution in [0.1, 0.15) is 28.0 Å². The molecule has 0 unspecified atom stereocenters. The van der Waals surface area contributed by atoms with E-state index >= 15 is 0 Å². The molecule has 0 fully saturated rings. The van der Waals surface area contributed by atoms with E-state index in [9.17, 15) is 4.79 Å². The van der Waals surface area contributed by atoms with Crippen LogP contribution < -0.4 is 15.8 Å². The first-order valence-electron chi connectivity index (χ1n) is 10.0. The van der Waals surface area contributed by atoms with E-state index in [1.54, 1.807) is 7.11 Å². The number of aromatic amines is 1. The van der Waals surface area contributed by atoms with Gasteiger partial charge in [-0.3, -0.25) is 4.79 Å². The highest BCUT2D eigenvalue weighted by molar-refractivity contribution is 5.98. The number of carbonyl (C=O) groups excluding carboxylic acids is 1. The number of likely N-dealkylation sites (N-methyl/N-ethyl adjacent to an activating group) is 1. The molecule has 0 atom stereocenters. The number of H-pyrrole nitrogens is 1. The molecule has 0 bridgehead atoms. The Hall–Kier alpha value is -2.25. The van der Waals surface area contributed by atoms with Gasteiger partial charge < -0.3 is 25.7 Å². The van der Waals surface area contributed by atoms with Crippen LogP contribution in [0, 0.1) is 0 Å². The van der Waals surface area contributed by atoms with Gasteiger partial charge in [0.1, 0.15) is 11.4 Å². The first kappa shape index (κ1) is 26.8. The van der Waals surface area contributed by atoms with Crippen LogP contribution in [-0.2, 0) is 13.0 Å². The van der Waals surface area contributed by atoms with Gasteiger partial charge in [0.25, 0.3) is 5.91 Å². The summed E-state index contributed by atoms with van der Waals surface area (Å²) < 4.78 is 5.22. The number of aryl methyl sites for hydroxylation is 1. The zero-order valence-electron chi connectivity index (χ0n) is 18.0. The molecule has 0 aliphatic rings. The van der Waals surface area contributed by atoms with Gasteiger partial charge in [0.15, 0.2) is 0 Å². The Balaban J connectivity index is 0.00000240. The van der Waals surface area contributed by atoms with Crippen LogP contribution in [0.3, 0.4) is 0 Å². The molecule has 8 heteroatoms. The largest absolute Gasteiger partial charge is 0.497 e. The molecule has 0 aliphatic carbocycles. The number of ether oxygens (including phenoxy) is 1. The minimum Gasteiger partial charge on any atom is -0.497 e. The Morgan fingerprint density at radius 3 is 2.45 bits per heavy atom. The molecule has 6 nitrogen and oxygen atoms in total. The van der Waals surface area contributed by atoms with Crippen LogP contribution >= 0.6 is 24.8 Å². The highest BCUT2D eigenvalue weighted by Gasteiger charge is 2.10. The Kier molecular flexibility index (Phi) is 11.4. The van der Waals surface area contributed by atoms with Crippen molar-refractivity contribution in [3.63, 3.8) is 0 Å². The SMILES string of the molecule is COc1ccc2cc(C(=O)NCCN(C)CCCc3ccc(CN)cc3)[nH]c2c1.Cl.Cl. The lowest BCUT2D eigenvalue weighted by Gasteiger charge is -2.16. The van der Waals surface area contributed by atoms with Crippen molar-refractivity contribution >= 4 is 41.6 Å². The zero-order chi connectivity index (χ0) is 20.6. The molecule has 1 heterocycles. The van der Waals surface area contributed by atoms with Gasteiger partial charge in [-0.15, -0.1) is 24.8 Å². The lowest BCUT2D eigenvalue weighted by atomic mass is 10.1. The highest BCUT2D eigenvalue weighted by atomic mass is 35.5. The van der Waals surface area contributed by atoms with E-state index in [1.165, 1.54) is 5.56 Å². The maximum atomic E-state index is 12.4. The van der Waals surface area contributed by atoms with Crippen LogP contribution in [0.5, 0.6) is 5.75 Å². The normalized spacial score (nSPS) is 10.5. The topological polar surface area (TPSA) is 83.4 Å². The second-order valence-corrected chi connectivity index (χ2v) is 7.32. The number of halogens is 2. The van der Waals surface area contributed by atoms with Gasteiger partial charge in [-0.05, 0) is 55.8 Å². The van der Waals surface area contributed by atoms with Gasteiger partial charge in [-0.1, -0.05) is 24.3 Å². The van der Waals surface area contributed by atoms with Crippen molar-refractivity contribution in [3.05, 3.63) is 65.4 Å². The number of rotatable bonds is 10. The maximum Gasteiger partial charge on any atom is 0.267 e. The monoisotopic (exact) mass is 466 g/mol. The van der Waals surface area contributed by atoms with Crippen molar-refractivity contribution < 1.29 is 9.53 Å². The number of fused-ring (bicyclic) bond motifs is 1. The molecule has 0 radical (unpaired) electrons. The van der Waals surface area contributed by atoms with Crippen molar-refractivity contribution in [2.24, 2.45) is 5.73 Å². The summed E-state index contributed by atoms with van der Waals surface area (Å²) in [6.07, 6.45) is 2.12. The molecule has 31 heavy (non-hydrogen) atoms. The second kappa shape index (κ2) is 13.2. The predicted octanol–water partition coefficient (Wildman–Crippen LogP) is 3.77. The summed E-state index contributed by atoms with van der Waals surface area (Å²) in [5.41, 5.74) is 9.59. The average Bonchev–Trinajstić information content (AvgIpc) is 3.17. The minimum absolute atomic E-state index is 0. The van der Waals surface area contributed by atoms with E-state index in [0.717, 1.165) is 48.1 Å². The Labute approximate surface area is 196 Å². The predicted molar refractivity (Wildman–Crippen MR) is 132 cm³/mol. The van der Waals surface area contributed by atoms with E-state index < -0.39 is 0 Å². The lowest BCUT2D eigenvalue weighted by Crippen LogP contribution is -2.33. The molecule has 0 spiro atoms. The second-order valence-electron chi connectivity index (χ2n) is 7.32. The van der Waals surface area contributed by atoms with Gasteiger partial charge in [0, 0.05) is 36.6 Å². The van der Waals surface area contributed by atoms with E-state index in [0.29, 0.717) is 18.8 Å². The molecule has 1 amide bonds. The summed E-state index contributed by atoms with van der Waals surface area (Å²) in [6.45, 7) is 2.99. The number of nitrogens with two attached hydrogens (primary N) is 1. The van der Waals surface area contributed by atoms with E-state index in [-0.39, 0.29) is 30.7 Å². The molecular weight excluding hydrogens is 435 g/mol. The smallest absolute Gasteiger partial charge is 0.267 e. The van der Waals surface area contributed by atoms with E-state index in [2.05, 4.69) is 46.5 Å². The van der Waals surface area contributed by atoms with E-state index in [4.69, 9.17) is 10.5 Å². The number of aromatic nitrogens is 1. The standard InChI is InChI=1S/C23H30N4O2.2ClH/c1-27(12-3-4-17-5-7-18(16-24)8-6-17)13-11-25-23(28)22-14-19-9-10-20(29-2)15-21(19)26-22;;/h5-10,14-15,26H,3-4,11-13,16,24H2,1-2H3,(H,25,28);2*1H. The van der Waals surface area contributed by atoms with Crippen LogP contribution in [0.4, 0.5) is 0 Å². The number of methoxy groups -OCH3 is 1. The summed E-state index contributed by atoms with van der Waals surface area (Å²) in [5, 5.41) is 3.98. The zero-order valence-corrected chi connectivity index (χ0v) is 19.7. The molecule has 4 N–H and O–H groups in total. The fourth-order valence-corrected chi connectivity index (χ4v) is 3.32. The van der Waals surface area contributed by atoms with Crippen molar-refractivity contribution in [3.8, 4) is 5.75 Å². The third kappa shape index (κ3) is 7.74. The van der Waals surface area contributed by atoms with Gasteiger partial charge in [0.2, 0.25) is 0 Å². The van der Waals surface area contributed by atoms with Gasteiger partial charge in [-0.25, -0.2) is 0 Å². The van der Waals surface area contributed by atoms with Crippen molar-refractivity contribution in [1.82, 2.24) is 15.2 Å². The Bertz CT molecular complexity index is 944. The van der Waals surface area contributed by atoms with Gasteiger partial charge in [-0.2, -0.15) is 0 Å². The molecular formula is C23H32Cl2N4O2. The molecule has 3 rings (SSSR count). The Morgan fingerprint density at radius 1 is 1.06 bits per heavy atom. The molecule has 170 valence electrons. The first-order chi connectivity index (χ1) is 14.1. The molecule has 2 aromatic carbocycles. The van der Waals surface area contributed by atoms with Crippen molar-refractivity contribution in [2.45, 2.75) is 19.4 Å². The summed E-state index contributed by atoms with van der Waals surface area (Å²) >= 11 is 0. The van der Waals surface area contributed by atoms with E-state index in [1.807, 2.05) is 24.3 Å². The van der Waals surface area contributed by atoms with Gasteiger partial charge >= 0.3 is 0 Å². The fourth-order valence-electron chi connectivity index (χ4n) is 3.32. The molecule has 0 aliphatic heterocycles. The number of hydrogen-bond donors (Lipinski definition) is 3. The summed E-state index contributed by atoms with van der Waals surface area (Å²) in [5.74, 6) is 0.678. The number of amides is 1. The summed E-state index contributed by atoms with van der Waals surface area (Å²) in [7, 11) is 3.71. The fraction of sp³-hybridized carbons (Fsp3) is 0.348. The van der Waals surface area contributed by atoms with Crippen molar-refractivity contribution in [1.29, 1.82) is 0 Å². The quantitative estimate of drug-likeness (QED) is 0.424. The Morgan fingerprint density at radius 2 is 1.77 bits per heavy atom. The number of benzene rings is 2. The lowest BCUT2D eigenvalue weighted by molar-refractivity contribution is 0.0945. The summed E-state index contributed by atoms with van der Waals surface area (Å²) in [6, 6.07) is 16.1. The molecule has 0 saturated carbocycles. The molecule has 3 aromatic rings. The van der Waals surface area contributed by atoms with Crippen molar-refractivity contribution in [2.75, 3.05) is 33.8 Å². The highest BCUT2D eigenvalue weighted by Crippen LogP contribution is 2.21. The number of carbonyl (C=O) groups is 1. The number of nitrogens with one attached hydrogen (secondary N) is 2. The van der Waals surface area contributed by atoms with Gasteiger partial charge in [0.05, 0.1) is 7.11 Å². The first-order valence-corrected chi connectivity index (χ1v) is 10.0. The van der Waals surface area contributed by atoms with Crippen LogP contribution in [-0.4, -0.2) is 49.6 Å². The molecule has 0 saturated heterocycles. The molecule has 1 aromatic heterocycles. The van der Waals surface area contributed by atoms with Crippen LogP contribution in [0.15, 0.2) is 48.5 Å². The van der Waals surface area contributed by atoms with Crippen LogP contribution in [0.2, 0.25) is 0 Å². The third-order valence-electron chi connectivity index (χ3n) is 5.12. The number of hydrogen-bond acceptors (Lipinski definition) is 4. The third-order valence-corrected chi connectivity index (χ3v) is 5.12. The van der Waals surface area contributed by atoms with Crippen LogP contribution in [0.25, 0.3) is 10.9 Å². The number of nitrogens with zero attached hydrogens (tertiary/aromatic N) is 1. The summed E-state index contributed by atoms with van der Waals surface area (Å²) in [4.78, 5) is 17.8.